The van der Waals surface area contributed by atoms with Crippen LogP contribution < -0.4 is 0 Å². The van der Waals surface area contributed by atoms with Crippen LogP contribution in [0.15, 0.2) is 55.6 Å². The Bertz CT molecular complexity index is 1170. The van der Waals surface area contributed by atoms with Gasteiger partial charge in [-0.25, -0.2) is 0 Å². The molecule has 1 aromatic rings. The Morgan fingerprint density at radius 2 is 1.90 bits per heavy atom. The topological polar surface area (TPSA) is 96.4 Å². The molecule has 2 unspecified atom stereocenters. The van der Waals surface area contributed by atoms with Crippen molar-refractivity contribution in [2.75, 3.05) is 19.8 Å². The molecule has 1 saturated carbocycles. The summed E-state index contributed by atoms with van der Waals surface area (Å²) in [7, 11) is 0. The van der Waals surface area contributed by atoms with Gasteiger partial charge in [0.25, 0.3) is 0 Å². The summed E-state index contributed by atoms with van der Waals surface area (Å²) in [5.41, 5.74) is -1.07. The van der Waals surface area contributed by atoms with Gasteiger partial charge in [0.05, 0.1) is 30.8 Å². The molecule has 4 aliphatic rings. The maximum absolute atomic E-state index is 14.9. The van der Waals surface area contributed by atoms with Crippen LogP contribution in [0.5, 0.6) is 0 Å². The second-order valence-corrected chi connectivity index (χ2v) is 12.4. The van der Waals surface area contributed by atoms with E-state index in [4.69, 9.17) is 9.47 Å². The Hall–Kier alpha value is -2.97. The smallest absolute Gasteiger partial charge is 0.312 e. The van der Waals surface area contributed by atoms with Crippen molar-refractivity contribution in [1.82, 2.24) is 9.80 Å². The third-order valence-corrected chi connectivity index (χ3v) is 10.2. The summed E-state index contributed by atoms with van der Waals surface area (Å²) in [5.74, 6) is -2.58. The molecular weight excluding hydrogens is 532 g/mol. The van der Waals surface area contributed by atoms with E-state index in [1.54, 1.807) is 17.1 Å². The first kappa shape index (κ1) is 30.5. The average Bonchev–Trinajstić information content (AvgIpc) is 3.63. The number of aliphatic hydroxyl groups excluding tert-OH is 1. The highest BCUT2D eigenvalue weighted by Crippen LogP contribution is 2.65. The van der Waals surface area contributed by atoms with Crippen LogP contribution in [0.25, 0.3) is 0 Å². The Balaban J connectivity index is 1.58. The van der Waals surface area contributed by atoms with E-state index in [2.05, 4.69) is 13.2 Å². The number of hydrogen-bond acceptors (Lipinski definition) is 6. The van der Waals surface area contributed by atoms with E-state index in [1.807, 2.05) is 42.2 Å². The normalized spacial score (nSPS) is 31.0. The first-order valence-electron chi connectivity index (χ1n) is 15.7. The quantitative estimate of drug-likeness (QED) is 0.214. The second kappa shape index (κ2) is 12.7. The van der Waals surface area contributed by atoms with Crippen molar-refractivity contribution in [2.24, 2.45) is 11.8 Å². The van der Waals surface area contributed by atoms with Gasteiger partial charge in [-0.3, -0.25) is 14.4 Å². The predicted molar refractivity (Wildman–Crippen MR) is 159 cm³/mol. The van der Waals surface area contributed by atoms with Crippen LogP contribution in [0.1, 0.15) is 70.3 Å². The molecule has 1 N–H and O–H groups in total. The Morgan fingerprint density at radius 3 is 2.55 bits per heavy atom. The van der Waals surface area contributed by atoms with Gasteiger partial charge in [-0.1, -0.05) is 68.7 Å². The molecule has 3 saturated heterocycles. The molecular formula is C34H46N2O6. The zero-order valence-corrected chi connectivity index (χ0v) is 24.9. The standard InChI is InChI=1S/C34H46N2O6/c1-4-7-21-41-32(40)28-27-30(38)36(26(23-37)22-24-14-10-8-11-15-24)29(34(27)19-18-33(28,6-3)42-34)31(39)35(20-5-2)25-16-12-9-13-17-25/h4-5,8,10-11,14-15,25-29,37H,1-2,6-7,9,12-13,16-23H2,3H3/t26-,27+,28-,29?,33+,34?/m1/s1. The molecule has 4 fully saturated rings. The van der Waals surface area contributed by atoms with Gasteiger partial charge in [0.15, 0.2) is 0 Å². The fourth-order valence-electron chi connectivity index (χ4n) is 8.26. The number of carbonyl (C=O) groups is 3. The molecule has 0 radical (unpaired) electrons. The minimum absolute atomic E-state index is 0.0526. The largest absolute Gasteiger partial charge is 0.465 e. The first-order chi connectivity index (χ1) is 20.4. The number of esters is 1. The zero-order valence-electron chi connectivity index (χ0n) is 24.9. The number of benzene rings is 1. The Kier molecular flexibility index (Phi) is 9.23. The molecule has 2 amide bonds. The van der Waals surface area contributed by atoms with Crippen LogP contribution in [0.2, 0.25) is 0 Å². The summed E-state index contributed by atoms with van der Waals surface area (Å²) < 4.78 is 12.6. The number of hydrogen-bond donors (Lipinski definition) is 1. The van der Waals surface area contributed by atoms with E-state index in [9.17, 15) is 19.5 Å². The van der Waals surface area contributed by atoms with Crippen molar-refractivity contribution < 1.29 is 29.0 Å². The van der Waals surface area contributed by atoms with Gasteiger partial charge in [-0.2, -0.15) is 0 Å². The van der Waals surface area contributed by atoms with Gasteiger partial charge >= 0.3 is 5.97 Å². The van der Waals surface area contributed by atoms with Crippen molar-refractivity contribution in [3.63, 3.8) is 0 Å². The highest BCUT2D eigenvalue weighted by atomic mass is 16.6. The van der Waals surface area contributed by atoms with Crippen molar-refractivity contribution in [3.8, 4) is 0 Å². The van der Waals surface area contributed by atoms with Crippen molar-refractivity contribution >= 4 is 17.8 Å². The summed E-state index contributed by atoms with van der Waals surface area (Å²) in [5, 5.41) is 10.7. The number of amides is 2. The lowest BCUT2D eigenvalue weighted by Gasteiger charge is -2.42. The maximum atomic E-state index is 14.9. The SMILES string of the molecule is C=CCCOC(=O)[C@H]1[C@H]2C(=O)N([C@@H](CO)Cc3ccccc3)C(C(=O)N(CC=C)C3CCCCC3)C23CC[C@]1(CC)O3. The first-order valence-corrected chi connectivity index (χ1v) is 15.7. The Morgan fingerprint density at radius 1 is 1.17 bits per heavy atom. The van der Waals surface area contributed by atoms with E-state index >= 15 is 0 Å². The lowest BCUT2D eigenvalue weighted by atomic mass is 9.65. The third kappa shape index (κ3) is 5.11. The van der Waals surface area contributed by atoms with Gasteiger partial charge in [0, 0.05) is 12.6 Å². The number of aliphatic hydroxyl groups is 1. The highest BCUT2D eigenvalue weighted by Gasteiger charge is 2.79. The minimum atomic E-state index is -1.16. The van der Waals surface area contributed by atoms with Crippen molar-refractivity contribution in [2.45, 2.75) is 100 Å². The van der Waals surface area contributed by atoms with Crippen LogP contribution in [-0.2, 0) is 30.3 Å². The van der Waals surface area contributed by atoms with Gasteiger partial charge in [-0.05, 0) is 50.5 Å². The average molecular weight is 579 g/mol. The van der Waals surface area contributed by atoms with Crippen LogP contribution in [0.3, 0.4) is 0 Å². The molecule has 2 bridgehead atoms. The molecule has 5 rings (SSSR count). The molecule has 6 atom stereocenters. The predicted octanol–water partition coefficient (Wildman–Crippen LogP) is 4.21. The van der Waals surface area contributed by atoms with Gasteiger partial charge in [0.1, 0.15) is 17.6 Å². The number of ether oxygens (including phenoxy) is 2. The van der Waals surface area contributed by atoms with Gasteiger partial charge in [-0.15, -0.1) is 13.2 Å². The minimum Gasteiger partial charge on any atom is -0.465 e. The summed E-state index contributed by atoms with van der Waals surface area (Å²) in [4.78, 5) is 46.7. The Labute approximate surface area is 249 Å². The molecule has 8 nitrogen and oxygen atoms in total. The molecule has 1 aliphatic carbocycles. The number of rotatable bonds is 13. The fourth-order valence-corrected chi connectivity index (χ4v) is 8.26. The molecule has 42 heavy (non-hydrogen) atoms. The van der Waals surface area contributed by atoms with Crippen LogP contribution in [0.4, 0.5) is 0 Å². The van der Waals surface area contributed by atoms with E-state index in [0.29, 0.717) is 38.6 Å². The monoisotopic (exact) mass is 578 g/mol. The molecule has 8 heteroatoms. The van der Waals surface area contributed by atoms with Crippen LogP contribution in [0, 0.1) is 11.8 Å². The molecule has 3 aliphatic heterocycles. The summed E-state index contributed by atoms with van der Waals surface area (Å²) >= 11 is 0. The zero-order chi connectivity index (χ0) is 29.9. The molecule has 1 aromatic carbocycles. The van der Waals surface area contributed by atoms with E-state index in [0.717, 1.165) is 37.7 Å². The van der Waals surface area contributed by atoms with E-state index < -0.39 is 41.1 Å². The number of nitrogens with zero attached hydrogens (tertiary/aromatic N) is 2. The fraction of sp³-hybridized carbons (Fsp3) is 0.618. The second-order valence-electron chi connectivity index (χ2n) is 12.4. The number of likely N-dealkylation sites (tertiary alicyclic amines) is 1. The summed E-state index contributed by atoms with van der Waals surface area (Å²) in [6.07, 6.45) is 11.0. The van der Waals surface area contributed by atoms with E-state index in [1.165, 1.54) is 0 Å². The lowest BCUT2D eigenvalue weighted by molar-refractivity contribution is -0.164. The van der Waals surface area contributed by atoms with E-state index in [-0.39, 0.29) is 31.1 Å². The van der Waals surface area contributed by atoms with Crippen LogP contribution in [-0.4, -0.2) is 81.8 Å². The number of fused-ring (bicyclic) bond motifs is 1. The molecule has 0 aromatic heterocycles. The summed E-state index contributed by atoms with van der Waals surface area (Å²) in [6, 6.07) is 8.14. The lowest BCUT2D eigenvalue weighted by Crippen LogP contribution is -2.60. The molecule has 228 valence electrons. The van der Waals surface area contributed by atoms with Gasteiger partial charge in [0.2, 0.25) is 11.8 Å². The van der Waals surface area contributed by atoms with Crippen molar-refractivity contribution in [1.29, 1.82) is 0 Å². The summed E-state index contributed by atoms with van der Waals surface area (Å²) in [6.45, 7) is 9.86. The van der Waals surface area contributed by atoms with Crippen molar-refractivity contribution in [3.05, 3.63) is 61.2 Å². The third-order valence-electron chi connectivity index (χ3n) is 10.2. The highest BCUT2D eigenvalue weighted by molar-refractivity contribution is 5.99. The number of carbonyl (C=O) groups excluding carboxylic acids is 3. The van der Waals surface area contributed by atoms with Crippen LogP contribution >= 0.6 is 0 Å². The van der Waals surface area contributed by atoms with Gasteiger partial charge < -0.3 is 24.4 Å². The molecule has 1 spiro atoms. The maximum Gasteiger partial charge on any atom is 0.312 e. The molecule has 3 heterocycles.